The van der Waals surface area contributed by atoms with E-state index in [1.807, 2.05) is 209 Å². The van der Waals surface area contributed by atoms with Crippen LogP contribution in [-0.2, 0) is 60.4 Å². The van der Waals surface area contributed by atoms with Crippen molar-refractivity contribution >= 4 is 102 Å². The van der Waals surface area contributed by atoms with E-state index in [0.717, 1.165) is 235 Å². The summed E-state index contributed by atoms with van der Waals surface area (Å²) in [4.78, 5) is 116. The molecule has 8 aromatic heterocycles. The summed E-state index contributed by atoms with van der Waals surface area (Å²) in [6.45, 7) is 14.0. The predicted molar refractivity (Wildman–Crippen MR) is 576 cm³/mol. The van der Waals surface area contributed by atoms with Gasteiger partial charge in [-0.2, -0.15) is 0 Å². The Morgan fingerprint density at radius 2 is 0.639 bits per heavy atom. The standard InChI is InChI=1S/C33H31N7O2.C32H36N4O4.C27H28N4O2.C25H25N7/c41-32(42-20-23-8-3-1-4-9-23)35-21-33(15-18-40(19-16-33)30-26-14-17-34-29(26)36-22-37-30)31-38-27-13-7-12-25(28(27)39-31)24-10-5-2-6-11-24;1-31(2,3)40-30(38)36-19-17-32(18-20-36,22-33-29(37)39-21-23-11-6-4-7-12-23)28-34-26-16-10-15-25(27(26)35-28)24-13-8-5-9-14-24;32-26(33-18-20-8-3-1-4-9-20)29-19-27(14-16-28-17-15-27)25-30-23-13-7-12-22(24(23)31-25)21-10-5-2-6-11-21;26-15-25(10-13-32(14-11-25)23-19-9-12-27-22(19)28-16-29-23)24-30-20-8-4-7-18(21(20)31-24)17-5-2-1-3-6-17/h1-14,17,22H,15-16,18-21H2,(H,35,41)(H,38,39)(H,34,36,37);4-16H,17-22H2,1-3H3,(H,33,37)(H,34,35);1-13,28H,14-19H2,(H,29,32)(H,30,31);1-9,12,16H,10-11,13-15,26H2,(H,30,31)(H,27,28,29). The lowest BCUT2D eigenvalue weighted by Crippen LogP contribution is -2.51. The number of carbonyl (C=O) groups excluding carboxylic acids is 4. The molecule has 4 aliphatic heterocycles. The maximum atomic E-state index is 12.9. The van der Waals surface area contributed by atoms with Crippen LogP contribution in [-0.4, -0.2) is 183 Å². The van der Waals surface area contributed by atoms with Gasteiger partial charge in [-0.25, -0.2) is 59.0 Å². The van der Waals surface area contributed by atoms with Gasteiger partial charge in [0.1, 0.15) is 84.3 Å². The Labute approximate surface area is 851 Å². The predicted octanol–water partition coefficient (Wildman–Crippen LogP) is 21.2. The molecule has 4 fully saturated rings. The van der Waals surface area contributed by atoms with Crippen LogP contribution in [0.4, 0.5) is 30.8 Å². The first kappa shape index (κ1) is 97.6. The summed E-state index contributed by atoms with van der Waals surface area (Å²) in [6.07, 6.45) is 11.7. The number of imidazole rings is 4. The number of rotatable bonds is 23. The second kappa shape index (κ2) is 44.2. The van der Waals surface area contributed by atoms with E-state index in [0.29, 0.717) is 52.1 Å². The highest BCUT2D eigenvalue weighted by atomic mass is 16.6. The number of aromatic nitrogens is 14. The van der Waals surface area contributed by atoms with Crippen molar-refractivity contribution in [1.82, 2.24) is 95.9 Å². The molecular weight excluding hydrogens is 1840 g/mol. The third-order valence-electron chi connectivity index (χ3n) is 28.8. The number of nitrogens with zero attached hydrogens (tertiary/aromatic N) is 11. The number of fused-ring (bicyclic) bond motifs is 6. The number of aromatic amines is 6. The van der Waals surface area contributed by atoms with Crippen molar-refractivity contribution in [2.45, 2.75) is 119 Å². The molecule has 11 aromatic carbocycles. The molecule has 12 N–H and O–H groups in total. The van der Waals surface area contributed by atoms with E-state index in [4.69, 9.17) is 44.6 Å². The number of likely N-dealkylation sites (tertiary alicyclic amines) is 1. The van der Waals surface area contributed by atoms with Crippen LogP contribution < -0.4 is 36.8 Å². The summed E-state index contributed by atoms with van der Waals surface area (Å²) in [6, 6.07) is 99.1. The average Bonchev–Trinajstić information content (AvgIpc) is 1.61. The molecule has 0 unspecified atom stereocenters. The van der Waals surface area contributed by atoms with E-state index in [1.165, 1.54) is 5.56 Å². The first-order valence-corrected chi connectivity index (χ1v) is 50.4. The highest BCUT2D eigenvalue weighted by Gasteiger charge is 2.45. The number of hydrogen-bond acceptors (Lipinski definition) is 20. The van der Waals surface area contributed by atoms with Crippen molar-refractivity contribution in [2.24, 2.45) is 5.73 Å². The molecule has 4 amide bonds. The lowest BCUT2D eigenvalue weighted by Gasteiger charge is -2.41. The van der Waals surface area contributed by atoms with Crippen molar-refractivity contribution < 1.29 is 38.1 Å². The molecule has 4 saturated heterocycles. The van der Waals surface area contributed by atoms with Crippen molar-refractivity contribution in [3.05, 3.63) is 362 Å². The molecule has 0 atom stereocenters. The maximum Gasteiger partial charge on any atom is 0.410 e. The first-order chi connectivity index (χ1) is 71.9. The van der Waals surface area contributed by atoms with Gasteiger partial charge in [0.2, 0.25) is 0 Å². The highest BCUT2D eigenvalue weighted by Crippen LogP contribution is 2.44. The van der Waals surface area contributed by atoms with E-state index in [1.54, 1.807) is 17.6 Å². The number of benzene rings is 11. The van der Waals surface area contributed by atoms with Gasteiger partial charge in [-0.3, -0.25) is 0 Å². The van der Waals surface area contributed by atoms with Crippen LogP contribution >= 0.6 is 0 Å². The normalized spacial score (nSPS) is 15.2. The highest BCUT2D eigenvalue weighted by molar-refractivity contribution is 5.96. The summed E-state index contributed by atoms with van der Waals surface area (Å²) in [5, 5.41) is 14.5. The van der Waals surface area contributed by atoms with Gasteiger partial charge in [-0.15, -0.1) is 0 Å². The number of alkyl carbamates (subject to hydrolysis) is 3. The Morgan fingerprint density at radius 1 is 0.347 bits per heavy atom. The molecule has 12 heterocycles. The Morgan fingerprint density at radius 3 is 0.952 bits per heavy atom. The molecule has 30 nitrogen and oxygen atoms in total. The number of anilines is 2. The lowest BCUT2D eigenvalue weighted by atomic mass is 9.77. The smallest absolute Gasteiger partial charge is 0.410 e. The van der Waals surface area contributed by atoms with Crippen LogP contribution in [0.15, 0.2) is 322 Å². The largest absolute Gasteiger partial charge is 0.445 e. The van der Waals surface area contributed by atoms with Crippen LogP contribution in [0.25, 0.3) is 111 Å². The molecule has 4 aliphatic rings. The van der Waals surface area contributed by atoms with E-state index >= 15 is 0 Å². The topological polar surface area (TPSA) is 387 Å². The van der Waals surface area contributed by atoms with E-state index in [9.17, 15) is 19.2 Å². The van der Waals surface area contributed by atoms with Crippen LogP contribution in [0, 0.1) is 0 Å². The van der Waals surface area contributed by atoms with Crippen molar-refractivity contribution in [3.63, 3.8) is 0 Å². The number of nitrogens with one attached hydrogen (secondary N) is 10. The van der Waals surface area contributed by atoms with Crippen LogP contribution in [0.5, 0.6) is 0 Å². The minimum atomic E-state index is -0.567. The Kier molecular flexibility index (Phi) is 29.3. The monoisotopic (exact) mass is 1960 g/mol. The van der Waals surface area contributed by atoms with Crippen LogP contribution in [0.1, 0.15) is 112 Å². The fourth-order valence-corrected chi connectivity index (χ4v) is 20.5. The van der Waals surface area contributed by atoms with E-state index in [-0.39, 0.29) is 36.7 Å². The summed E-state index contributed by atoms with van der Waals surface area (Å²) >= 11 is 0. The number of para-hydroxylation sites is 4. The Balaban J connectivity index is 0.000000120. The molecular formula is C117H120N22O8. The third kappa shape index (κ3) is 22.3. The second-order valence-electron chi connectivity index (χ2n) is 39.2. The number of nitrogens with two attached hydrogens (primary N) is 1. The quantitative estimate of drug-likeness (QED) is 0.0265. The fourth-order valence-electron chi connectivity index (χ4n) is 20.5. The Hall–Kier alpha value is -16.9. The number of ether oxygens (including phenoxy) is 4. The maximum absolute atomic E-state index is 12.9. The Bertz CT molecular complexity index is 7680. The van der Waals surface area contributed by atoms with Crippen LogP contribution in [0.2, 0.25) is 0 Å². The summed E-state index contributed by atoms with van der Waals surface area (Å²) in [7, 11) is 0. The average molecular weight is 1960 g/mol. The van der Waals surface area contributed by atoms with Gasteiger partial charge in [-0.1, -0.05) is 261 Å². The van der Waals surface area contributed by atoms with E-state index < -0.39 is 34.7 Å². The van der Waals surface area contributed by atoms with Crippen molar-refractivity contribution in [1.29, 1.82) is 0 Å². The zero-order valence-corrected chi connectivity index (χ0v) is 82.6. The molecule has 147 heavy (non-hydrogen) atoms. The summed E-state index contributed by atoms with van der Waals surface area (Å²) in [5.41, 5.74) is 25.6. The number of piperidine rings is 4. The molecule has 0 spiro atoms. The fraction of sp³-hybridized carbons (Fsp3) is 0.265. The van der Waals surface area contributed by atoms with Gasteiger partial charge in [0.15, 0.2) is 0 Å². The number of amides is 4. The van der Waals surface area contributed by atoms with Crippen molar-refractivity contribution in [2.75, 3.05) is 88.3 Å². The van der Waals surface area contributed by atoms with Crippen LogP contribution in [0.3, 0.4) is 0 Å². The molecule has 23 rings (SSSR count). The minimum absolute atomic E-state index is 0.173. The van der Waals surface area contributed by atoms with Gasteiger partial charge >= 0.3 is 24.4 Å². The molecule has 30 heteroatoms. The lowest BCUT2D eigenvalue weighted by molar-refractivity contribution is 0.0157. The first-order valence-electron chi connectivity index (χ1n) is 50.4. The van der Waals surface area contributed by atoms with Gasteiger partial charge in [0, 0.05) is 122 Å². The summed E-state index contributed by atoms with van der Waals surface area (Å²) < 4.78 is 22.1. The van der Waals surface area contributed by atoms with Gasteiger partial charge in [-0.05, 0) is 161 Å². The second-order valence-corrected chi connectivity index (χ2v) is 39.2. The van der Waals surface area contributed by atoms with E-state index in [2.05, 4.69) is 202 Å². The number of hydrogen-bond donors (Lipinski definition) is 11. The number of carbonyl (C=O) groups is 4. The molecule has 0 saturated carbocycles. The van der Waals surface area contributed by atoms with Gasteiger partial charge in [0.25, 0.3) is 0 Å². The molecule has 0 aliphatic carbocycles. The van der Waals surface area contributed by atoms with Gasteiger partial charge < -0.3 is 90.6 Å². The van der Waals surface area contributed by atoms with Gasteiger partial charge in [0.05, 0.1) is 54.9 Å². The SMILES string of the molecule is CC(C)(C)OC(=O)N1CCC(CNC(=O)OCc2ccccc2)(c2nc3c(-c4ccccc4)cccc3[nH]2)CC1.NCC1(c2nc3c(-c4ccccc4)cccc3[nH]2)CCN(c2ncnc3[nH]ccc23)CC1.O=C(NCC1(c2nc3c(-c4ccccc4)cccc3[nH]2)CCN(c2ncnc3[nH]ccc23)CC1)OCc1ccccc1.O=C(NCC1(c2nc3c(-c4ccccc4)cccc3[nH]2)CCNCC1)OCc1ccccc1. The molecule has 19 aromatic rings. The molecule has 0 bridgehead atoms. The summed E-state index contributed by atoms with van der Waals surface area (Å²) in [5.74, 6) is 5.48. The minimum Gasteiger partial charge on any atom is -0.445 e. The van der Waals surface area contributed by atoms with Crippen molar-refractivity contribution in [3.8, 4) is 44.5 Å². The third-order valence-corrected chi connectivity index (χ3v) is 28.8. The molecule has 746 valence electrons. The zero-order valence-electron chi connectivity index (χ0n) is 82.6. The zero-order chi connectivity index (χ0) is 101. The molecule has 0 radical (unpaired) electrons. The number of H-pyrrole nitrogens is 6.